The van der Waals surface area contributed by atoms with Crippen LogP contribution in [0.25, 0.3) is 0 Å². The number of hydrogen-bond acceptors (Lipinski definition) is 3. The molecule has 0 bridgehead atoms. The van der Waals surface area contributed by atoms with Crippen molar-refractivity contribution in [1.29, 1.82) is 0 Å². The van der Waals surface area contributed by atoms with Crippen LogP contribution in [-0.2, 0) is 19.7 Å². The van der Waals surface area contributed by atoms with E-state index >= 15 is 0 Å². The molecule has 27 heavy (non-hydrogen) atoms. The normalized spacial score (nSPS) is 10.3. The summed E-state index contributed by atoms with van der Waals surface area (Å²) in [7, 11) is 0. The topological polar surface area (TPSA) is 34.1 Å². The number of hydrogen-bond donors (Lipinski definition) is 1. The summed E-state index contributed by atoms with van der Waals surface area (Å²) in [6.07, 6.45) is 1.79. The monoisotopic (exact) mass is 486 g/mol. The van der Waals surface area contributed by atoms with E-state index in [1.165, 1.54) is 0 Å². The Morgan fingerprint density at radius 2 is 1.81 bits per heavy atom. The van der Waals surface area contributed by atoms with Crippen molar-refractivity contribution in [3.8, 4) is 5.75 Å². The third-order valence-electron chi connectivity index (χ3n) is 3.77. The van der Waals surface area contributed by atoms with Crippen LogP contribution in [0, 0.1) is 0 Å². The first-order valence-electron chi connectivity index (χ1n) is 8.07. The molecule has 0 aliphatic rings. The molecule has 0 aliphatic carbocycles. The SMILES string of the molecule is Cl.Clc1ccc(COc2ccc(Br)cc2CNCc2ccccn2)c(Cl)c1. The third-order valence-corrected chi connectivity index (χ3v) is 4.85. The number of benzene rings is 2. The Labute approximate surface area is 183 Å². The molecular formula is C20H18BrCl3N2O. The van der Waals surface area contributed by atoms with Crippen molar-refractivity contribution in [2.24, 2.45) is 0 Å². The number of ether oxygens (including phenoxy) is 1. The van der Waals surface area contributed by atoms with Crippen molar-refractivity contribution in [2.75, 3.05) is 0 Å². The van der Waals surface area contributed by atoms with Gasteiger partial charge in [0.15, 0.2) is 0 Å². The molecule has 0 unspecified atom stereocenters. The second kappa shape index (κ2) is 10.9. The molecule has 1 aromatic heterocycles. The molecule has 7 heteroatoms. The van der Waals surface area contributed by atoms with Crippen LogP contribution >= 0.6 is 51.5 Å². The maximum absolute atomic E-state index is 6.22. The number of nitrogens with zero attached hydrogens (tertiary/aromatic N) is 1. The van der Waals surface area contributed by atoms with Gasteiger partial charge in [-0.05, 0) is 42.5 Å². The van der Waals surface area contributed by atoms with Crippen LogP contribution < -0.4 is 10.1 Å². The lowest BCUT2D eigenvalue weighted by Crippen LogP contribution is -2.14. The van der Waals surface area contributed by atoms with Crippen molar-refractivity contribution in [2.45, 2.75) is 19.7 Å². The van der Waals surface area contributed by atoms with Crippen LogP contribution in [-0.4, -0.2) is 4.98 Å². The fourth-order valence-electron chi connectivity index (χ4n) is 2.45. The van der Waals surface area contributed by atoms with Gasteiger partial charge in [0.1, 0.15) is 12.4 Å². The van der Waals surface area contributed by atoms with Gasteiger partial charge in [0.05, 0.1) is 5.69 Å². The molecule has 0 fully saturated rings. The summed E-state index contributed by atoms with van der Waals surface area (Å²) in [6, 6.07) is 17.2. The number of aromatic nitrogens is 1. The predicted molar refractivity (Wildman–Crippen MR) is 117 cm³/mol. The van der Waals surface area contributed by atoms with E-state index in [-0.39, 0.29) is 12.4 Å². The zero-order valence-corrected chi connectivity index (χ0v) is 18.2. The third kappa shape index (κ3) is 6.66. The van der Waals surface area contributed by atoms with E-state index in [9.17, 15) is 0 Å². The number of pyridine rings is 1. The Hall–Kier alpha value is -1.30. The van der Waals surface area contributed by atoms with E-state index in [2.05, 4.69) is 26.2 Å². The molecule has 3 rings (SSSR count). The average Bonchev–Trinajstić information content (AvgIpc) is 2.63. The van der Waals surface area contributed by atoms with Gasteiger partial charge in [-0.1, -0.05) is 51.3 Å². The second-order valence-corrected chi connectivity index (χ2v) is 7.46. The summed E-state index contributed by atoms with van der Waals surface area (Å²) in [6.45, 7) is 1.74. The summed E-state index contributed by atoms with van der Waals surface area (Å²) in [4.78, 5) is 4.31. The molecule has 1 N–H and O–H groups in total. The summed E-state index contributed by atoms with van der Waals surface area (Å²) in [5.74, 6) is 0.813. The average molecular weight is 489 g/mol. The van der Waals surface area contributed by atoms with Crippen LogP contribution in [0.1, 0.15) is 16.8 Å². The number of rotatable bonds is 7. The van der Waals surface area contributed by atoms with Crippen LogP contribution in [0.3, 0.4) is 0 Å². The zero-order valence-electron chi connectivity index (χ0n) is 14.3. The van der Waals surface area contributed by atoms with Crippen molar-refractivity contribution < 1.29 is 4.74 Å². The van der Waals surface area contributed by atoms with Gasteiger partial charge in [0.25, 0.3) is 0 Å². The first-order valence-corrected chi connectivity index (χ1v) is 9.62. The number of nitrogens with one attached hydrogen (secondary N) is 1. The molecule has 0 radical (unpaired) electrons. The minimum Gasteiger partial charge on any atom is -0.489 e. The van der Waals surface area contributed by atoms with Crippen molar-refractivity contribution >= 4 is 51.5 Å². The fraction of sp³-hybridized carbons (Fsp3) is 0.150. The van der Waals surface area contributed by atoms with Gasteiger partial charge in [0.2, 0.25) is 0 Å². The van der Waals surface area contributed by atoms with Crippen LogP contribution in [0.15, 0.2) is 65.3 Å². The predicted octanol–water partition coefficient (Wildman–Crippen LogP) is 6.44. The van der Waals surface area contributed by atoms with E-state index in [0.717, 1.165) is 27.0 Å². The smallest absolute Gasteiger partial charge is 0.124 e. The van der Waals surface area contributed by atoms with Crippen LogP contribution in [0.4, 0.5) is 0 Å². The van der Waals surface area contributed by atoms with E-state index in [1.54, 1.807) is 12.3 Å². The molecule has 0 saturated carbocycles. The molecule has 0 aliphatic heterocycles. The van der Waals surface area contributed by atoms with Gasteiger partial charge in [0, 0.05) is 44.9 Å². The lowest BCUT2D eigenvalue weighted by atomic mass is 10.2. The highest BCUT2D eigenvalue weighted by Gasteiger charge is 2.08. The van der Waals surface area contributed by atoms with Gasteiger partial charge >= 0.3 is 0 Å². The molecule has 0 amide bonds. The molecule has 0 spiro atoms. The highest BCUT2D eigenvalue weighted by atomic mass is 79.9. The highest BCUT2D eigenvalue weighted by Crippen LogP contribution is 2.26. The molecular weight excluding hydrogens is 470 g/mol. The van der Waals surface area contributed by atoms with Crippen molar-refractivity contribution in [3.63, 3.8) is 0 Å². The van der Waals surface area contributed by atoms with Gasteiger partial charge in [-0.2, -0.15) is 0 Å². The Bertz CT molecular complexity index is 878. The lowest BCUT2D eigenvalue weighted by Gasteiger charge is -2.14. The molecule has 3 nitrogen and oxygen atoms in total. The van der Waals surface area contributed by atoms with Crippen LogP contribution in [0.2, 0.25) is 10.0 Å². The van der Waals surface area contributed by atoms with Gasteiger partial charge in [-0.3, -0.25) is 4.98 Å². The summed E-state index contributed by atoms with van der Waals surface area (Å²) >= 11 is 15.7. The molecule has 0 atom stereocenters. The molecule has 1 heterocycles. The van der Waals surface area contributed by atoms with Gasteiger partial charge in [-0.15, -0.1) is 12.4 Å². The van der Waals surface area contributed by atoms with E-state index < -0.39 is 0 Å². The van der Waals surface area contributed by atoms with Gasteiger partial charge < -0.3 is 10.1 Å². The van der Waals surface area contributed by atoms with Gasteiger partial charge in [-0.25, -0.2) is 0 Å². The maximum Gasteiger partial charge on any atom is 0.124 e. The molecule has 0 saturated heterocycles. The lowest BCUT2D eigenvalue weighted by molar-refractivity contribution is 0.302. The zero-order chi connectivity index (χ0) is 18.4. The van der Waals surface area contributed by atoms with Crippen molar-refractivity contribution in [3.05, 3.63) is 92.1 Å². The first kappa shape index (κ1) is 22.0. The Morgan fingerprint density at radius 1 is 0.963 bits per heavy atom. The maximum atomic E-state index is 6.22. The van der Waals surface area contributed by atoms with Crippen molar-refractivity contribution in [1.82, 2.24) is 10.3 Å². The van der Waals surface area contributed by atoms with E-state index in [0.29, 0.717) is 29.7 Å². The summed E-state index contributed by atoms with van der Waals surface area (Å²) in [5.41, 5.74) is 2.95. The first-order chi connectivity index (χ1) is 12.6. The molecule has 2 aromatic carbocycles. The quantitative estimate of drug-likeness (QED) is 0.415. The Kier molecular flexibility index (Phi) is 8.87. The highest BCUT2D eigenvalue weighted by molar-refractivity contribution is 9.10. The van der Waals surface area contributed by atoms with E-state index in [1.807, 2.05) is 48.5 Å². The van der Waals surface area contributed by atoms with E-state index in [4.69, 9.17) is 27.9 Å². The largest absolute Gasteiger partial charge is 0.489 e. The Morgan fingerprint density at radius 3 is 2.56 bits per heavy atom. The Balaban J connectivity index is 0.00000261. The van der Waals surface area contributed by atoms with Crippen LogP contribution in [0.5, 0.6) is 5.75 Å². The fourth-order valence-corrected chi connectivity index (χ4v) is 3.32. The summed E-state index contributed by atoms with van der Waals surface area (Å²) in [5, 5.41) is 4.61. The standard InChI is InChI=1S/C20H17BrCl2N2O.ClH/c21-16-5-7-20(26-13-14-4-6-17(22)10-19(14)23)15(9-16)11-24-12-18-3-1-2-8-25-18;/h1-10,24H,11-13H2;1H. The minimum atomic E-state index is 0. The number of halogens is 4. The molecule has 3 aromatic rings. The second-order valence-electron chi connectivity index (χ2n) is 5.70. The summed E-state index contributed by atoms with van der Waals surface area (Å²) < 4.78 is 7.00. The minimum absolute atomic E-state index is 0. The molecule has 142 valence electrons.